The highest BCUT2D eigenvalue weighted by Gasteiger charge is 1.88. The zero-order valence-corrected chi connectivity index (χ0v) is 8.96. The summed E-state index contributed by atoms with van der Waals surface area (Å²) < 4.78 is 1.79. The third-order valence-electron chi connectivity index (χ3n) is 1.45. The van der Waals surface area contributed by atoms with Crippen molar-refractivity contribution in [2.24, 2.45) is 7.05 Å². The quantitative estimate of drug-likeness (QED) is 0.632. The molecule has 1 aromatic heterocycles. The molecule has 0 unspecified atom stereocenters. The Morgan fingerprint density at radius 3 is 2.38 bits per heavy atom. The third kappa shape index (κ3) is 3.28. The molecule has 0 aliphatic heterocycles. The standard InChI is InChI=1S/C9H12N2.C2H6/c1-7(2)5-9-8(3)6-10-11(9)4;1-2/h5-6H,1,3H2,2,4H3;1-2H3/b9-5+;. The van der Waals surface area contributed by atoms with E-state index >= 15 is 0 Å². The summed E-state index contributed by atoms with van der Waals surface area (Å²) in [6.45, 7) is 13.6. The van der Waals surface area contributed by atoms with Crippen molar-refractivity contribution in [1.82, 2.24) is 9.78 Å². The first-order chi connectivity index (χ1) is 6.11. The van der Waals surface area contributed by atoms with Gasteiger partial charge in [0, 0.05) is 12.3 Å². The molecule has 0 aliphatic carbocycles. The largest absolute Gasteiger partial charge is 0.268 e. The SMILES string of the molecule is C=C(C)/C=c1\c(=C)cnn1C.CC. The molecule has 2 heteroatoms. The Balaban J connectivity index is 0.000000671. The van der Waals surface area contributed by atoms with E-state index in [9.17, 15) is 0 Å². The summed E-state index contributed by atoms with van der Waals surface area (Å²) in [5.41, 5.74) is 1.01. The molecule has 1 heterocycles. The van der Waals surface area contributed by atoms with Crippen molar-refractivity contribution in [2.45, 2.75) is 20.8 Å². The highest BCUT2D eigenvalue weighted by molar-refractivity contribution is 5.41. The van der Waals surface area contributed by atoms with Crippen molar-refractivity contribution < 1.29 is 0 Å². The summed E-state index contributed by atoms with van der Waals surface area (Å²) in [7, 11) is 1.89. The van der Waals surface area contributed by atoms with Gasteiger partial charge in [-0.1, -0.05) is 32.6 Å². The van der Waals surface area contributed by atoms with Crippen molar-refractivity contribution in [2.75, 3.05) is 0 Å². The number of aromatic nitrogens is 2. The highest BCUT2D eigenvalue weighted by Crippen LogP contribution is 1.84. The maximum atomic E-state index is 4.05. The lowest BCUT2D eigenvalue weighted by Crippen LogP contribution is -2.26. The van der Waals surface area contributed by atoms with Crippen molar-refractivity contribution in [3.8, 4) is 0 Å². The van der Waals surface area contributed by atoms with Crippen LogP contribution < -0.4 is 10.6 Å². The molecular formula is C11H18N2. The van der Waals surface area contributed by atoms with Crippen molar-refractivity contribution in [1.29, 1.82) is 0 Å². The summed E-state index contributed by atoms with van der Waals surface area (Å²) in [6.07, 6.45) is 3.71. The monoisotopic (exact) mass is 178 g/mol. The average Bonchev–Trinajstić information content (AvgIpc) is 2.39. The van der Waals surface area contributed by atoms with Crippen LogP contribution in [0.3, 0.4) is 0 Å². The van der Waals surface area contributed by atoms with Crippen LogP contribution in [0.1, 0.15) is 20.8 Å². The minimum Gasteiger partial charge on any atom is -0.268 e. The highest BCUT2D eigenvalue weighted by atomic mass is 15.2. The van der Waals surface area contributed by atoms with E-state index < -0.39 is 0 Å². The minimum absolute atomic E-state index is 0.940. The van der Waals surface area contributed by atoms with E-state index in [1.807, 2.05) is 33.9 Å². The molecule has 0 saturated carbocycles. The molecule has 0 bridgehead atoms. The summed E-state index contributed by atoms with van der Waals surface area (Å²) in [5, 5.41) is 6.02. The van der Waals surface area contributed by atoms with Gasteiger partial charge in [0.2, 0.25) is 0 Å². The third-order valence-corrected chi connectivity index (χ3v) is 1.45. The Bertz CT molecular complexity index is 371. The van der Waals surface area contributed by atoms with Crippen molar-refractivity contribution in [3.05, 3.63) is 28.9 Å². The molecule has 0 aliphatic rings. The van der Waals surface area contributed by atoms with E-state index in [4.69, 9.17) is 0 Å². The van der Waals surface area contributed by atoms with E-state index in [0.717, 1.165) is 16.1 Å². The summed E-state index contributed by atoms with van der Waals surface area (Å²) in [4.78, 5) is 0. The van der Waals surface area contributed by atoms with Gasteiger partial charge in [-0.05, 0) is 13.0 Å². The summed E-state index contributed by atoms with van der Waals surface area (Å²) in [6, 6.07) is 0. The Hall–Kier alpha value is -1.31. The molecule has 0 atom stereocenters. The molecule has 13 heavy (non-hydrogen) atoms. The van der Waals surface area contributed by atoms with Crippen molar-refractivity contribution in [3.63, 3.8) is 0 Å². The second-order valence-corrected chi connectivity index (χ2v) is 2.67. The van der Waals surface area contributed by atoms with Crippen LogP contribution >= 0.6 is 0 Å². The van der Waals surface area contributed by atoms with Crippen molar-refractivity contribution >= 4 is 12.7 Å². The fraction of sp³-hybridized carbons (Fsp3) is 0.364. The fourth-order valence-electron chi connectivity index (χ4n) is 0.912. The molecular weight excluding hydrogens is 160 g/mol. The summed E-state index contributed by atoms with van der Waals surface area (Å²) >= 11 is 0. The van der Waals surface area contributed by atoms with Crippen LogP contribution in [0.4, 0.5) is 0 Å². The molecule has 72 valence electrons. The van der Waals surface area contributed by atoms with Gasteiger partial charge < -0.3 is 0 Å². The van der Waals surface area contributed by atoms with Gasteiger partial charge in [-0.3, -0.25) is 4.68 Å². The topological polar surface area (TPSA) is 17.8 Å². The number of hydrogen-bond donors (Lipinski definition) is 0. The first-order valence-corrected chi connectivity index (χ1v) is 4.45. The first-order valence-electron chi connectivity index (χ1n) is 4.45. The smallest absolute Gasteiger partial charge is 0.0675 e. The van der Waals surface area contributed by atoms with Gasteiger partial charge >= 0.3 is 0 Å². The van der Waals surface area contributed by atoms with Gasteiger partial charge in [0.05, 0.1) is 11.5 Å². The zero-order chi connectivity index (χ0) is 10.4. The number of rotatable bonds is 1. The predicted molar refractivity (Wildman–Crippen MR) is 58.6 cm³/mol. The zero-order valence-electron chi connectivity index (χ0n) is 8.96. The maximum absolute atomic E-state index is 4.05. The van der Waals surface area contributed by atoms with E-state index in [1.54, 1.807) is 10.9 Å². The second-order valence-electron chi connectivity index (χ2n) is 2.67. The number of aryl methyl sites for hydroxylation is 1. The van der Waals surface area contributed by atoms with Crippen LogP contribution in [0, 0.1) is 0 Å². The fourth-order valence-corrected chi connectivity index (χ4v) is 0.912. The van der Waals surface area contributed by atoms with Crippen LogP contribution in [-0.2, 0) is 7.05 Å². The Morgan fingerprint density at radius 1 is 1.54 bits per heavy atom. The lowest BCUT2D eigenvalue weighted by atomic mass is 10.3. The lowest BCUT2D eigenvalue weighted by molar-refractivity contribution is 0.742. The van der Waals surface area contributed by atoms with Gasteiger partial charge in [0.25, 0.3) is 0 Å². The van der Waals surface area contributed by atoms with Gasteiger partial charge in [-0.2, -0.15) is 5.10 Å². The lowest BCUT2D eigenvalue weighted by Gasteiger charge is -1.88. The van der Waals surface area contributed by atoms with Crippen LogP contribution in [0.2, 0.25) is 0 Å². The Kier molecular flexibility index (Phi) is 4.82. The van der Waals surface area contributed by atoms with E-state index in [0.29, 0.717) is 0 Å². The van der Waals surface area contributed by atoms with Gasteiger partial charge in [0.1, 0.15) is 0 Å². The molecule has 0 aromatic carbocycles. The van der Waals surface area contributed by atoms with Crippen LogP contribution in [0.5, 0.6) is 0 Å². The molecule has 0 amide bonds. The first kappa shape index (κ1) is 11.7. The molecule has 1 aromatic rings. The van der Waals surface area contributed by atoms with Gasteiger partial charge in [-0.25, -0.2) is 0 Å². The average molecular weight is 178 g/mol. The summed E-state index contributed by atoms with van der Waals surface area (Å²) in [5.74, 6) is 0. The number of hydrogen-bond acceptors (Lipinski definition) is 1. The van der Waals surface area contributed by atoms with Gasteiger partial charge in [0.15, 0.2) is 0 Å². The molecule has 0 radical (unpaired) electrons. The van der Waals surface area contributed by atoms with E-state index in [-0.39, 0.29) is 0 Å². The van der Waals surface area contributed by atoms with Crippen LogP contribution in [-0.4, -0.2) is 9.78 Å². The molecule has 1 rings (SSSR count). The number of allylic oxidation sites excluding steroid dienone is 1. The van der Waals surface area contributed by atoms with Gasteiger partial charge in [-0.15, -0.1) is 0 Å². The van der Waals surface area contributed by atoms with E-state index in [1.165, 1.54) is 0 Å². The van der Waals surface area contributed by atoms with E-state index in [2.05, 4.69) is 18.3 Å². The Morgan fingerprint density at radius 2 is 2.08 bits per heavy atom. The predicted octanol–water partition coefficient (Wildman–Crippen LogP) is 1.21. The molecule has 2 nitrogen and oxygen atoms in total. The molecule has 0 saturated heterocycles. The van der Waals surface area contributed by atoms with Crippen LogP contribution in [0.25, 0.3) is 12.7 Å². The second kappa shape index (κ2) is 5.36. The minimum atomic E-state index is 0.940. The van der Waals surface area contributed by atoms with Crippen LogP contribution in [0.15, 0.2) is 18.3 Å². The Labute approximate surface area is 79.9 Å². The number of nitrogens with zero attached hydrogens (tertiary/aromatic N) is 2. The molecule has 0 fully saturated rings. The molecule has 0 N–H and O–H groups in total. The molecule has 0 spiro atoms. The maximum Gasteiger partial charge on any atom is 0.0675 e. The normalized spacial score (nSPS) is 10.6.